The Hall–Kier alpha value is -1.97. The molecule has 0 unspecified atom stereocenters. The highest BCUT2D eigenvalue weighted by Gasteiger charge is 2.47. The van der Waals surface area contributed by atoms with Crippen LogP contribution in [0.5, 0.6) is 0 Å². The molecule has 17 heavy (non-hydrogen) atoms. The SMILES string of the molecule is NNC(=O)S1(C(=O)NN)N=Nc2ccccc21. The number of hydrogen-bond donors (Lipinski definition) is 4. The molecule has 0 saturated heterocycles. The third kappa shape index (κ3) is 1.48. The predicted octanol–water partition coefficient (Wildman–Crippen LogP) is 1.03. The van der Waals surface area contributed by atoms with E-state index in [4.69, 9.17) is 11.7 Å². The van der Waals surface area contributed by atoms with Crippen LogP contribution >= 0.6 is 10.2 Å². The monoisotopic (exact) mass is 254 g/mol. The van der Waals surface area contributed by atoms with Gasteiger partial charge in [0.05, 0.1) is 15.1 Å². The van der Waals surface area contributed by atoms with Crippen LogP contribution < -0.4 is 22.5 Å². The van der Waals surface area contributed by atoms with Crippen molar-refractivity contribution < 1.29 is 9.59 Å². The molecule has 1 heterocycles. The average Bonchev–Trinajstić information content (AvgIpc) is 2.77. The maximum Gasteiger partial charge on any atom is 0.308 e. The third-order valence-electron chi connectivity index (χ3n) is 2.23. The van der Waals surface area contributed by atoms with Crippen molar-refractivity contribution in [2.24, 2.45) is 21.3 Å². The standard InChI is InChI=1S/C8H10N6O2S/c9-11-7(15)17(8(16)12-10)6-4-2-1-3-5(6)13-14-17/h1-4H,9-10H2,(H,11,15)(H,12,16). The van der Waals surface area contributed by atoms with Crippen molar-refractivity contribution in [3.8, 4) is 0 Å². The molecule has 1 aliphatic rings. The number of nitrogens with zero attached hydrogens (tertiary/aromatic N) is 2. The second kappa shape index (κ2) is 4.13. The zero-order valence-corrected chi connectivity index (χ0v) is 9.40. The van der Waals surface area contributed by atoms with Gasteiger partial charge in [-0.05, 0) is 12.1 Å². The molecule has 6 N–H and O–H groups in total. The van der Waals surface area contributed by atoms with Gasteiger partial charge < -0.3 is 0 Å². The molecule has 90 valence electrons. The number of hydrazine groups is 2. The zero-order valence-electron chi connectivity index (χ0n) is 8.58. The fourth-order valence-electron chi connectivity index (χ4n) is 1.47. The number of fused-ring (bicyclic) bond motifs is 1. The Morgan fingerprint density at radius 1 is 1.12 bits per heavy atom. The summed E-state index contributed by atoms with van der Waals surface area (Å²) < 4.78 is 3.80. The molecule has 8 nitrogen and oxygen atoms in total. The Bertz CT molecular complexity index is 500. The molecule has 0 bridgehead atoms. The number of hydrogen-bond acceptors (Lipinski definition) is 6. The van der Waals surface area contributed by atoms with Crippen molar-refractivity contribution >= 4 is 26.4 Å². The van der Waals surface area contributed by atoms with Gasteiger partial charge in [-0.1, -0.05) is 12.1 Å². The number of carbonyl (C=O) groups excluding carboxylic acids is 2. The minimum atomic E-state index is -2.87. The van der Waals surface area contributed by atoms with Gasteiger partial charge in [-0.25, -0.2) is 11.7 Å². The Labute approximate surface area is 97.8 Å². The Kier molecular flexibility index (Phi) is 2.79. The molecule has 2 rings (SSSR count). The smallest absolute Gasteiger partial charge is 0.284 e. The summed E-state index contributed by atoms with van der Waals surface area (Å²) in [5, 5.41) is 2.39. The van der Waals surface area contributed by atoms with Crippen LogP contribution in [0.1, 0.15) is 0 Å². The van der Waals surface area contributed by atoms with E-state index in [-0.39, 0.29) is 0 Å². The number of carbonyl (C=O) groups is 2. The average molecular weight is 254 g/mol. The first kappa shape index (κ1) is 11.5. The highest BCUT2D eigenvalue weighted by Crippen LogP contribution is 2.65. The first-order chi connectivity index (χ1) is 8.16. The third-order valence-corrected chi connectivity index (χ3v) is 4.84. The number of nitrogens with one attached hydrogen (secondary N) is 2. The van der Waals surface area contributed by atoms with E-state index in [1.807, 2.05) is 10.9 Å². The number of nitrogens with two attached hydrogens (primary N) is 2. The molecule has 1 aliphatic heterocycles. The highest BCUT2D eigenvalue weighted by molar-refractivity contribution is 8.54. The first-order valence-corrected chi connectivity index (χ1v) is 6.12. The second-order valence-electron chi connectivity index (χ2n) is 3.09. The van der Waals surface area contributed by atoms with Gasteiger partial charge in [-0.3, -0.25) is 20.4 Å². The Balaban J connectivity index is 2.63. The molecular weight excluding hydrogens is 244 g/mol. The molecule has 1 aromatic carbocycles. The quantitative estimate of drug-likeness (QED) is 0.312. The van der Waals surface area contributed by atoms with E-state index >= 15 is 0 Å². The molecule has 2 amide bonds. The van der Waals surface area contributed by atoms with Crippen molar-refractivity contribution in [3.05, 3.63) is 24.3 Å². The maximum atomic E-state index is 11.8. The number of benzene rings is 1. The summed E-state index contributed by atoms with van der Waals surface area (Å²) >= 11 is 0. The van der Waals surface area contributed by atoms with Gasteiger partial charge in [0, 0.05) is 0 Å². The fraction of sp³-hybridized carbons (Fsp3) is 0. The topological polar surface area (TPSA) is 135 Å². The summed E-state index contributed by atoms with van der Waals surface area (Å²) in [7, 11) is -2.87. The van der Waals surface area contributed by atoms with E-state index < -0.39 is 20.7 Å². The van der Waals surface area contributed by atoms with E-state index in [0.29, 0.717) is 10.6 Å². The Morgan fingerprint density at radius 2 is 1.71 bits per heavy atom. The largest absolute Gasteiger partial charge is 0.308 e. The van der Waals surface area contributed by atoms with Gasteiger partial charge in [0.1, 0.15) is 5.69 Å². The van der Waals surface area contributed by atoms with Crippen LogP contribution in [0.2, 0.25) is 0 Å². The van der Waals surface area contributed by atoms with Gasteiger partial charge in [0.25, 0.3) is 0 Å². The predicted molar refractivity (Wildman–Crippen MR) is 62.3 cm³/mol. The van der Waals surface area contributed by atoms with Crippen LogP contribution in [0.25, 0.3) is 0 Å². The van der Waals surface area contributed by atoms with Gasteiger partial charge >= 0.3 is 10.5 Å². The summed E-state index contributed by atoms with van der Waals surface area (Å²) in [5.41, 5.74) is 4.33. The molecule has 0 saturated carbocycles. The normalized spacial score (nSPS) is 17.1. The zero-order chi connectivity index (χ0) is 12.5. The van der Waals surface area contributed by atoms with Gasteiger partial charge in [0.15, 0.2) is 0 Å². The van der Waals surface area contributed by atoms with Crippen LogP contribution in [-0.2, 0) is 0 Å². The van der Waals surface area contributed by atoms with Gasteiger partial charge in [0.2, 0.25) is 0 Å². The summed E-state index contributed by atoms with van der Waals surface area (Å²) in [5.74, 6) is 10.2. The highest BCUT2D eigenvalue weighted by atomic mass is 32.3. The summed E-state index contributed by atoms with van der Waals surface area (Å²) in [4.78, 5) is 24.1. The van der Waals surface area contributed by atoms with Crippen LogP contribution in [0.3, 0.4) is 0 Å². The van der Waals surface area contributed by atoms with Crippen LogP contribution in [0, 0.1) is 0 Å². The summed E-state index contributed by atoms with van der Waals surface area (Å²) in [6.07, 6.45) is 0. The lowest BCUT2D eigenvalue weighted by atomic mass is 10.3. The molecule has 1 aromatic rings. The molecule has 0 atom stereocenters. The molecule has 9 heteroatoms. The van der Waals surface area contributed by atoms with Crippen molar-refractivity contribution in [2.75, 3.05) is 0 Å². The van der Waals surface area contributed by atoms with E-state index in [2.05, 4.69) is 9.63 Å². The first-order valence-electron chi connectivity index (χ1n) is 4.53. The van der Waals surface area contributed by atoms with E-state index in [9.17, 15) is 9.59 Å². The summed E-state index contributed by atoms with van der Waals surface area (Å²) in [6.45, 7) is 0. The van der Waals surface area contributed by atoms with E-state index in [0.717, 1.165) is 0 Å². The lowest BCUT2D eigenvalue weighted by Crippen LogP contribution is -2.40. The van der Waals surface area contributed by atoms with Crippen LogP contribution in [0.4, 0.5) is 15.3 Å². The van der Waals surface area contributed by atoms with Crippen molar-refractivity contribution in [1.82, 2.24) is 10.9 Å². The van der Waals surface area contributed by atoms with E-state index in [1.165, 1.54) is 0 Å². The molecular formula is C8H10N6O2S. The van der Waals surface area contributed by atoms with Crippen LogP contribution in [0.15, 0.2) is 38.8 Å². The minimum Gasteiger partial charge on any atom is -0.284 e. The maximum absolute atomic E-state index is 11.8. The lowest BCUT2D eigenvalue weighted by Gasteiger charge is -2.25. The summed E-state index contributed by atoms with van der Waals surface area (Å²) in [6, 6.07) is 6.68. The van der Waals surface area contributed by atoms with Crippen molar-refractivity contribution in [3.63, 3.8) is 0 Å². The molecule has 0 aliphatic carbocycles. The molecule has 0 fully saturated rings. The van der Waals surface area contributed by atoms with Gasteiger partial charge in [-0.2, -0.15) is 0 Å². The van der Waals surface area contributed by atoms with Crippen molar-refractivity contribution in [1.29, 1.82) is 0 Å². The lowest BCUT2D eigenvalue weighted by molar-refractivity contribution is 0.256. The minimum absolute atomic E-state index is 0.422. The van der Waals surface area contributed by atoms with E-state index in [1.54, 1.807) is 24.3 Å². The molecule has 0 radical (unpaired) electrons. The fourth-order valence-corrected chi connectivity index (χ4v) is 3.51. The molecule has 0 spiro atoms. The van der Waals surface area contributed by atoms with Crippen molar-refractivity contribution in [2.45, 2.75) is 4.90 Å². The number of rotatable bonds is 0. The second-order valence-corrected chi connectivity index (χ2v) is 5.60. The number of amides is 2. The van der Waals surface area contributed by atoms with Gasteiger partial charge in [-0.15, -0.1) is 9.63 Å². The van der Waals surface area contributed by atoms with Crippen LogP contribution in [-0.4, -0.2) is 10.5 Å². The Morgan fingerprint density at radius 3 is 2.29 bits per heavy atom. The molecule has 0 aromatic heterocycles.